The van der Waals surface area contributed by atoms with Gasteiger partial charge in [0.05, 0.1) is 11.4 Å². The molecule has 0 saturated heterocycles. The Hall–Kier alpha value is -0.230. The highest BCUT2D eigenvalue weighted by molar-refractivity contribution is 14.1. The monoisotopic (exact) mass is 307 g/mol. The number of benzene rings is 1. The number of nitrogens with zero attached hydrogens (tertiary/aromatic N) is 1. The van der Waals surface area contributed by atoms with Crippen LogP contribution in [0, 0.1) is 3.57 Å². The van der Waals surface area contributed by atoms with Crippen molar-refractivity contribution in [2.75, 3.05) is 17.7 Å². The highest BCUT2D eigenvalue weighted by atomic mass is 127. The Morgan fingerprint density at radius 3 is 2.69 bits per heavy atom. The molecule has 0 spiro atoms. The van der Waals surface area contributed by atoms with Gasteiger partial charge in [0.15, 0.2) is 0 Å². The van der Waals surface area contributed by atoms with Crippen molar-refractivity contribution >= 4 is 46.8 Å². The first-order valence-electron chi connectivity index (χ1n) is 3.78. The summed E-state index contributed by atoms with van der Waals surface area (Å²) < 4.78 is 1.07. The summed E-state index contributed by atoms with van der Waals surface area (Å²) in [5.41, 5.74) is 0.933. The third-order valence-electron chi connectivity index (χ3n) is 1.72. The Labute approximate surface area is 96.9 Å². The molecule has 0 N–H and O–H groups in total. The Bertz CT molecular complexity index is 316. The van der Waals surface area contributed by atoms with Crippen LogP contribution in [0.3, 0.4) is 0 Å². The second-order valence-electron chi connectivity index (χ2n) is 2.56. The molecule has 0 saturated carbocycles. The zero-order valence-corrected chi connectivity index (χ0v) is 10.2. The fourth-order valence-electron chi connectivity index (χ4n) is 0.964. The normalized spacial score (nSPS) is 9.77. The third-order valence-corrected chi connectivity index (χ3v) is 2.91. The Morgan fingerprint density at radius 2 is 2.15 bits per heavy atom. The van der Waals surface area contributed by atoms with E-state index in [9.17, 15) is 4.79 Å². The van der Waals surface area contributed by atoms with Gasteiger partial charge in [-0.3, -0.25) is 4.79 Å². The number of carbonyl (C=O) groups excluding carboxylic acids is 1. The van der Waals surface area contributed by atoms with Crippen LogP contribution in [-0.4, -0.2) is 18.7 Å². The van der Waals surface area contributed by atoms with Crippen LogP contribution < -0.4 is 4.90 Å². The first-order valence-corrected chi connectivity index (χ1v) is 5.50. The second kappa shape index (κ2) is 4.85. The fourth-order valence-corrected chi connectivity index (χ4v) is 1.93. The van der Waals surface area contributed by atoms with Crippen LogP contribution in [-0.2, 0) is 4.79 Å². The molecule has 0 unspecified atom stereocenters. The van der Waals surface area contributed by atoms with Gasteiger partial charge in [-0.15, -0.1) is 0 Å². The molecule has 0 radical (unpaired) electrons. The van der Waals surface area contributed by atoms with E-state index in [2.05, 4.69) is 35.2 Å². The second-order valence-corrected chi connectivity index (χ2v) is 4.04. The van der Waals surface area contributed by atoms with Gasteiger partial charge in [0.2, 0.25) is 5.91 Å². The van der Waals surface area contributed by atoms with Crippen molar-refractivity contribution in [2.24, 2.45) is 0 Å². The summed E-state index contributed by atoms with van der Waals surface area (Å²) in [7, 11) is 1.76. The topological polar surface area (TPSA) is 20.3 Å². The standard InChI is InChI=1S/C9H10INOS/c1-11(9(12)6-13)8-5-3-2-4-7(8)10/h2-5,13H,6H2,1H3. The van der Waals surface area contributed by atoms with Crippen LogP contribution in [0.25, 0.3) is 0 Å². The Morgan fingerprint density at radius 1 is 1.54 bits per heavy atom. The molecule has 1 rings (SSSR count). The number of anilines is 1. The van der Waals surface area contributed by atoms with E-state index in [1.54, 1.807) is 11.9 Å². The minimum atomic E-state index is 0.00690. The van der Waals surface area contributed by atoms with E-state index in [1.807, 2.05) is 24.3 Å². The average Bonchev–Trinajstić information content (AvgIpc) is 2.16. The number of para-hydroxylation sites is 1. The lowest BCUT2D eigenvalue weighted by molar-refractivity contribution is -0.115. The van der Waals surface area contributed by atoms with Crippen molar-refractivity contribution < 1.29 is 4.79 Å². The molecule has 0 atom stereocenters. The largest absolute Gasteiger partial charge is 0.314 e. The molecule has 0 aliphatic heterocycles. The molecule has 1 aromatic rings. The van der Waals surface area contributed by atoms with Crippen molar-refractivity contribution in [2.45, 2.75) is 0 Å². The first kappa shape index (κ1) is 10.8. The third kappa shape index (κ3) is 2.60. The Balaban J connectivity index is 2.95. The van der Waals surface area contributed by atoms with E-state index in [4.69, 9.17) is 0 Å². The summed E-state index contributed by atoms with van der Waals surface area (Å²) in [5.74, 6) is 0.244. The number of thiol groups is 1. The van der Waals surface area contributed by atoms with Gasteiger partial charge in [-0.25, -0.2) is 0 Å². The summed E-state index contributed by atoms with van der Waals surface area (Å²) in [4.78, 5) is 12.9. The van der Waals surface area contributed by atoms with E-state index in [0.717, 1.165) is 9.26 Å². The Kier molecular flexibility index (Phi) is 4.05. The molecule has 0 aliphatic carbocycles. The maximum atomic E-state index is 11.3. The molecule has 70 valence electrons. The summed E-state index contributed by atoms with van der Waals surface area (Å²) in [6.45, 7) is 0. The smallest absolute Gasteiger partial charge is 0.236 e. The van der Waals surface area contributed by atoms with Crippen molar-refractivity contribution in [1.82, 2.24) is 0 Å². The minimum Gasteiger partial charge on any atom is -0.314 e. The minimum absolute atomic E-state index is 0.00690. The first-order chi connectivity index (χ1) is 6.16. The predicted octanol–water partition coefficient (Wildman–Crippen LogP) is 2.18. The summed E-state index contributed by atoms with van der Waals surface area (Å²) in [5, 5.41) is 0. The summed E-state index contributed by atoms with van der Waals surface area (Å²) >= 11 is 6.15. The van der Waals surface area contributed by atoms with Crippen LogP contribution in [0.15, 0.2) is 24.3 Å². The quantitative estimate of drug-likeness (QED) is 0.656. The molecule has 4 heteroatoms. The predicted molar refractivity (Wildman–Crippen MR) is 66.4 cm³/mol. The van der Waals surface area contributed by atoms with Crippen LogP contribution >= 0.6 is 35.2 Å². The highest BCUT2D eigenvalue weighted by Crippen LogP contribution is 2.20. The number of halogens is 1. The molecule has 0 heterocycles. The zero-order valence-electron chi connectivity index (χ0n) is 7.20. The molecule has 1 aromatic carbocycles. The fraction of sp³-hybridized carbons (Fsp3) is 0.222. The number of rotatable bonds is 2. The molecule has 0 bridgehead atoms. The number of hydrogen-bond donors (Lipinski definition) is 1. The van der Waals surface area contributed by atoms with Gasteiger partial charge < -0.3 is 4.90 Å². The molecule has 13 heavy (non-hydrogen) atoms. The van der Waals surface area contributed by atoms with Gasteiger partial charge in [0.1, 0.15) is 0 Å². The van der Waals surface area contributed by atoms with Gasteiger partial charge in [0, 0.05) is 10.6 Å². The number of carbonyl (C=O) groups is 1. The lowest BCUT2D eigenvalue weighted by Crippen LogP contribution is -2.27. The molecule has 2 nitrogen and oxygen atoms in total. The van der Waals surface area contributed by atoms with E-state index in [-0.39, 0.29) is 11.7 Å². The van der Waals surface area contributed by atoms with Gasteiger partial charge >= 0.3 is 0 Å². The highest BCUT2D eigenvalue weighted by Gasteiger charge is 2.10. The SMILES string of the molecule is CN(C(=O)CS)c1ccccc1I. The number of amides is 1. The molecule has 0 aromatic heterocycles. The van der Waals surface area contributed by atoms with Crippen LogP contribution in [0.4, 0.5) is 5.69 Å². The average molecular weight is 307 g/mol. The van der Waals surface area contributed by atoms with Gasteiger partial charge in [-0.05, 0) is 34.7 Å². The van der Waals surface area contributed by atoms with Gasteiger partial charge in [-0.1, -0.05) is 12.1 Å². The van der Waals surface area contributed by atoms with Gasteiger partial charge in [-0.2, -0.15) is 12.6 Å². The molecular formula is C9H10INOS. The maximum absolute atomic E-state index is 11.3. The van der Waals surface area contributed by atoms with Crippen LogP contribution in [0.2, 0.25) is 0 Å². The van der Waals surface area contributed by atoms with E-state index >= 15 is 0 Å². The zero-order chi connectivity index (χ0) is 9.84. The van der Waals surface area contributed by atoms with E-state index in [1.165, 1.54) is 0 Å². The van der Waals surface area contributed by atoms with Crippen LogP contribution in [0.1, 0.15) is 0 Å². The van der Waals surface area contributed by atoms with Crippen LogP contribution in [0.5, 0.6) is 0 Å². The van der Waals surface area contributed by atoms with E-state index < -0.39 is 0 Å². The number of hydrogen-bond acceptors (Lipinski definition) is 2. The van der Waals surface area contributed by atoms with Crippen molar-refractivity contribution in [3.8, 4) is 0 Å². The molecule has 0 fully saturated rings. The molecule has 1 amide bonds. The lowest BCUT2D eigenvalue weighted by atomic mass is 10.3. The van der Waals surface area contributed by atoms with E-state index in [0.29, 0.717) is 0 Å². The van der Waals surface area contributed by atoms with Crippen molar-refractivity contribution in [1.29, 1.82) is 0 Å². The van der Waals surface area contributed by atoms with Crippen molar-refractivity contribution in [3.05, 3.63) is 27.8 Å². The molecule has 0 aliphatic rings. The lowest BCUT2D eigenvalue weighted by Gasteiger charge is -2.17. The molecular weight excluding hydrogens is 297 g/mol. The summed E-state index contributed by atoms with van der Waals surface area (Å²) in [6, 6.07) is 7.76. The maximum Gasteiger partial charge on any atom is 0.236 e. The summed E-state index contributed by atoms with van der Waals surface area (Å²) in [6.07, 6.45) is 0. The van der Waals surface area contributed by atoms with Crippen molar-refractivity contribution in [3.63, 3.8) is 0 Å². The van der Waals surface area contributed by atoms with Gasteiger partial charge in [0.25, 0.3) is 0 Å².